The third-order valence-electron chi connectivity index (χ3n) is 4.66. The van der Waals surface area contributed by atoms with Crippen molar-refractivity contribution < 1.29 is 14.6 Å². The Kier molecular flexibility index (Phi) is 5.48. The molecule has 0 amide bonds. The van der Waals surface area contributed by atoms with Crippen molar-refractivity contribution in [2.24, 2.45) is 11.7 Å². The molecule has 0 heterocycles. The van der Waals surface area contributed by atoms with Gasteiger partial charge < -0.3 is 20.3 Å². The van der Waals surface area contributed by atoms with E-state index in [-0.39, 0.29) is 6.61 Å². The molecular formula is C17H27NO3. The molecule has 1 aromatic carbocycles. The highest BCUT2D eigenvalue weighted by atomic mass is 16.5. The molecule has 118 valence electrons. The average Bonchev–Trinajstić information content (AvgIpc) is 2.89. The lowest BCUT2D eigenvalue weighted by Crippen LogP contribution is -2.47. The summed E-state index contributed by atoms with van der Waals surface area (Å²) in [5, 5.41) is 9.47. The van der Waals surface area contributed by atoms with E-state index in [1.807, 2.05) is 12.1 Å². The fourth-order valence-electron chi connectivity index (χ4n) is 3.17. The van der Waals surface area contributed by atoms with Crippen LogP contribution in [0.15, 0.2) is 18.2 Å². The molecule has 4 heteroatoms. The Hall–Kier alpha value is -1.26. The fourth-order valence-corrected chi connectivity index (χ4v) is 3.17. The van der Waals surface area contributed by atoms with Crippen LogP contribution in [0.3, 0.4) is 0 Å². The van der Waals surface area contributed by atoms with Gasteiger partial charge in [-0.3, -0.25) is 0 Å². The molecule has 4 nitrogen and oxygen atoms in total. The molecule has 21 heavy (non-hydrogen) atoms. The number of aliphatic hydroxyl groups excluding tert-OH is 1. The van der Waals surface area contributed by atoms with Gasteiger partial charge in [-0.2, -0.15) is 0 Å². The van der Waals surface area contributed by atoms with Crippen LogP contribution in [0.25, 0.3) is 0 Å². The summed E-state index contributed by atoms with van der Waals surface area (Å²) in [5.41, 5.74) is 7.06. The van der Waals surface area contributed by atoms with Gasteiger partial charge in [-0.25, -0.2) is 0 Å². The van der Waals surface area contributed by atoms with Crippen molar-refractivity contribution in [3.63, 3.8) is 0 Å². The van der Waals surface area contributed by atoms with Crippen molar-refractivity contribution >= 4 is 0 Å². The lowest BCUT2D eigenvalue weighted by Gasteiger charge is -2.29. The molecule has 1 aliphatic rings. The van der Waals surface area contributed by atoms with Crippen LogP contribution in [0.4, 0.5) is 0 Å². The topological polar surface area (TPSA) is 64.7 Å². The van der Waals surface area contributed by atoms with Gasteiger partial charge >= 0.3 is 0 Å². The minimum absolute atomic E-state index is 0.0617. The highest BCUT2D eigenvalue weighted by Gasteiger charge is 2.38. The van der Waals surface area contributed by atoms with Crippen LogP contribution in [-0.2, 0) is 6.42 Å². The Labute approximate surface area is 127 Å². The van der Waals surface area contributed by atoms with Crippen LogP contribution in [0.2, 0.25) is 0 Å². The molecule has 3 N–H and O–H groups in total. The number of nitrogens with two attached hydrogens (primary N) is 1. The van der Waals surface area contributed by atoms with Crippen molar-refractivity contribution in [3.05, 3.63) is 23.8 Å². The van der Waals surface area contributed by atoms with Crippen molar-refractivity contribution in [2.75, 3.05) is 20.3 Å². The SMILES string of the molecule is CCc1ccc(OCCC2CCCC2(N)CO)c(OC)c1. The number of benzene rings is 1. The normalized spacial score (nSPS) is 25.0. The van der Waals surface area contributed by atoms with E-state index in [1.165, 1.54) is 5.56 Å². The first-order valence-corrected chi connectivity index (χ1v) is 7.82. The van der Waals surface area contributed by atoms with Crippen LogP contribution in [0.5, 0.6) is 11.5 Å². The van der Waals surface area contributed by atoms with Gasteiger partial charge in [0.25, 0.3) is 0 Å². The highest BCUT2D eigenvalue weighted by Crippen LogP contribution is 2.36. The number of aliphatic hydroxyl groups is 1. The molecular weight excluding hydrogens is 266 g/mol. The van der Waals surface area contributed by atoms with E-state index in [0.29, 0.717) is 12.5 Å². The van der Waals surface area contributed by atoms with Gasteiger partial charge in [0, 0.05) is 5.54 Å². The lowest BCUT2D eigenvalue weighted by atomic mass is 9.87. The third-order valence-corrected chi connectivity index (χ3v) is 4.66. The molecule has 0 spiro atoms. The summed E-state index contributed by atoms with van der Waals surface area (Å²) in [4.78, 5) is 0. The van der Waals surface area contributed by atoms with E-state index in [1.54, 1.807) is 7.11 Å². The second-order valence-corrected chi connectivity index (χ2v) is 5.96. The van der Waals surface area contributed by atoms with Crippen LogP contribution in [0, 0.1) is 5.92 Å². The van der Waals surface area contributed by atoms with Gasteiger partial charge in [-0.15, -0.1) is 0 Å². The summed E-state index contributed by atoms with van der Waals surface area (Å²) in [5.74, 6) is 1.89. The fraction of sp³-hybridized carbons (Fsp3) is 0.647. The number of hydrogen-bond acceptors (Lipinski definition) is 4. The molecule has 1 aromatic rings. The summed E-state index contributed by atoms with van der Waals surface area (Å²) >= 11 is 0. The van der Waals surface area contributed by atoms with Crippen LogP contribution in [-0.4, -0.2) is 31.0 Å². The zero-order chi connectivity index (χ0) is 15.3. The molecule has 2 rings (SSSR count). The van der Waals surface area contributed by atoms with Gasteiger partial charge in [0.2, 0.25) is 0 Å². The number of methoxy groups -OCH3 is 1. The van der Waals surface area contributed by atoms with Crippen molar-refractivity contribution in [1.82, 2.24) is 0 Å². The van der Waals surface area contributed by atoms with Crippen molar-refractivity contribution in [2.45, 2.75) is 44.6 Å². The van der Waals surface area contributed by atoms with Gasteiger partial charge in [0.15, 0.2) is 11.5 Å². The Balaban J connectivity index is 1.91. The Morgan fingerprint density at radius 1 is 1.38 bits per heavy atom. The first-order valence-electron chi connectivity index (χ1n) is 7.82. The largest absolute Gasteiger partial charge is 0.493 e. The predicted octanol–water partition coefficient (Wildman–Crippen LogP) is 2.52. The second kappa shape index (κ2) is 7.14. The smallest absolute Gasteiger partial charge is 0.161 e. The Morgan fingerprint density at radius 3 is 2.86 bits per heavy atom. The Morgan fingerprint density at radius 2 is 2.19 bits per heavy atom. The van der Waals surface area contributed by atoms with Crippen molar-refractivity contribution in [1.29, 1.82) is 0 Å². The number of hydrogen-bond donors (Lipinski definition) is 2. The van der Waals surface area contributed by atoms with E-state index >= 15 is 0 Å². The van der Waals surface area contributed by atoms with Crippen molar-refractivity contribution in [3.8, 4) is 11.5 Å². The molecule has 2 atom stereocenters. The van der Waals surface area contributed by atoms with E-state index < -0.39 is 5.54 Å². The molecule has 0 aliphatic heterocycles. The van der Waals surface area contributed by atoms with Crippen LogP contribution >= 0.6 is 0 Å². The van der Waals surface area contributed by atoms with Gasteiger partial charge in [-0.05, 0) is 49.3 Å². The minimum Gasteiger partial charge on any atom is -0.493 e. The highest BCUT2D eigenvalue weighted by molar-refractivity contribution is 5.42. The molecule has 2 unspecified atom stereocenters. The summed E-state index contributed by atoms with van der Waals surface area (Å²) in [6, 6.07) is 6.05. The van der Waals surface area contributed by atoms with E-state index in [9.17, 15) is 5.11 Å². The third kappa shape index (κ3) is 3.69. The molecule has 0 radical (unpaired) electrons. The van der Waals surface area contributed by atoms with E-state index in [0.717, 1.165) is 43.6 Å². The summed E-state index contributed by atoms with van der Waals surface area (Å²) in [7, 11) is 1.66. The average molecular weight is 293 g/mol. The van der Waals surface area contributed by atoms with Gasteiger partial charge in [0.1, 0.15) is 0 Å². The maximum absolute atomic E-state index is 9.47. The molecule has 1 fully saturated rings. The molecule has 0 aromatic heterocycles. The molecule has 1 saturated carbocycles. The standard InChI is InChI=1S/C17H27NO3/c1-3-13-6-7-15(16(11-13)20-2)21-10-8-14-5-4-9-17(14,18)12-19/h6-7,11,14,19H,3-5,8-10,12,18H2,1-2H3. The van der Waals surface area contributed by atoms with Crippen LogP contribution < -0.4 is 15.2 Å². The predicted molar refractivity (Wildman–Crippen MR) is 83.8 cm³/mol. The first-order chi connectivity index (χ1) is 10.1. The monoisotopic (exact) mass is 293 g/mol. The minimum atomic E-state index is -0.417. The summed E-state index contributed by atoms with van der Waals surface area (Å²) < 4.78 is 11.2. The van der Waals surface area contributed by atoms with Crippen LogP contribution in [0.1, 0.15) is 38.2 Å². The number of ether oxygens (including phenoxy) is 2. The first kappa shape index (κ1) is 16.1. The number of aryl methyl sites for hydroxylation is 1. The zero-order valence-corrected chi connectivity index (χ0v) is 13.1. The lowest BCUT2D eigenvalue weighted by molar-refractivity contribution is 0.142. The quantitative estimate of drug-likeness (QED) is 0.811. The maximum Gasteiger partial charge on any atom is 0.161 e. The Bertz CT molecular complexity index is 463. The molecule has 1 aliphatic carbocycles. The summed E-state index contributed by atoms with van der Waals surface area (Å²) in [6.45, 7) is 2.78. The molecule has 0 saturated heterocycles. The summed E-state index contributed by atoms with van der Waals surface area (Å²) in [6.07, 6.45) is 4.92. The maximum atomic E-state index is 9.47. The van der Waals surface area contributed by atoms with Gasteiger partial charge in [0.05, 0.1) is 20.3 Å². The van der Waals surface area contributed by atoms with Gasteiger partial charge in [-0.1, -0.05) is 19.4 Å². The second-order valence-electron chi connectivity index (χ2n) is 5.96. The van der Waals surface area contributed by atoms with E-state index in [2.05, 4.69) is 13.0 Å². The molecule has 0 bridgehead atoms. The van der Waals surface area contributed by atoms with E-state index in [4.69, 9.17) is 15.2 Å². The number of rotatable bonds is 7. The zero-order valence-electron chi connectivity index (χ0n) is 13.1.